The summed E-state index contributed by atoms with van der Waals surface area (Å²) < 4.78 is 0. The summed E-state index contributed by atoms with van der Waals surface area (Å²) in [5.74, 6) is 0. The second-order valence-corrected chi connectivity index (χ2v) is 5.40. The van der Waals surface area contributed by atoms with Crippen LogP contribution in [-0.2, 0) is 6.54 Å². The van der Waals surface area contributed by atoms with E-state index in [0.717, 1.165) is 12.6 Å². The highest BCUT2D eigenvalue weighted by Gasteiger charge is 2.41. The van der Waals surface area contributed by atoms with Crippen molar-refractivity contribution in [3.8, 4) is 0 Å². The van der Waals surface area contributed by atoms with E-state index >= 15 is 0 Å². The Balaban J connectivity index is 2.02. The van der Waals surface area contributed by atoms with Crippen molar-refractivity contribution in [2.75, 3.05) is 0 Å². The zero-order chi connectivity index (χ0) is 9.47. The second-order valence-electron chi connectivity index (χ2n) is 4.42. The van der Waals surface area contributed by atoms with Crippen LogP contribution < -0.4 is 0 Å². The fraction of sp³-hybridized carbons (Fsp3) is 0.700. The molecule has 1 aromatic rings. The third kappa shape index (κ3) is 1.63. The first kappa shape index (κ1) is 9.16. The molecule has 1 atom stereocenters. The zero-order valence-corrected chi connectivity index (χ0v) is 9.27. The van der Waals surface area contributed by atoms with Crippen LogP contribution in [0, 0.1) is 0 Å². The van der Waals surface area contributed by atoms with Crippen molar-refractivity contribution in [1.29, 1.82) is 0 Å². The number of nitrogens with zero attached hydrogens (tertiary/aromatic N) is 2. The average Bonchev–Trinajstić information content (AvgIpc) is 2.51. The summed E-state index contributed by atoms with van der Waals surface area (Å²) in [7, 11) is 0. The molecular weight excluding hydrogens is 180 g/mol. The van der Waals surface area contributed by atoms with Gasteiger partial charge in [0.1, 0.15) is 5.01 Å². The van der Waals surface area contributed by atoms with Gasteiger partial charge in [-0.3, -0.25) is 4.90 Å². The summed E-state index contributed by atoms with van der Waals surface area (Å²) in [5.41, 5.74) is 0.380. The molecule has 1 aromatic heterocycles. The molecule has 0 spiro atoms. The summed E-state index contributed by atoms with van der Waals surface area (Å²) in [4.78, 5) is 6.83. The normalized spacial score (nSPS) is 27.2. The lowest BCUT2D eigenvalue weighted by molar-refractivity contribution is -0.0477. The monoisotopic (exact) mass is 196 g/mol. The van der Waals surface area contributed by atoms with Crippen LogP contribution in [0.3, 0.4) is 0 Å². The molecule has 2 nitrogen and oxygen atoms in total. The van der Waals surface area contributed by atoms with Crippen molar-refractivity contribution in [3.63, 3.8) is 0 Å². The molecule has 3 heteroatoms. The smallest absolute Gasteiger partial charge is 0.107 e. The van der Waals surface area contributed by atoms with Gasteiger partial charge in [-0.05, 0) is 27.2 Å². The van der Waals surface area contributed by atoms with E-state index in [0.29, 0.717) is 5.54 Å². The molecule has 0 saturated carbocycles. The first-order chi connectivity index (χ1) is 6.09. The lowest BCUT2D eigenvalue weighted by atomic mass is 9.82. The Morgan fingerprint density at radius 3 is 2.92 bits per heavy atom. The van der Waals surface area contributed by atoms with Gasteiger partial charge >= 0.3 is 0 Å². The Labute approximate surface area is 83.6 Å². The first-order valence-corrected chi connectivity index (χ1v) is 5.63. The van der Waals surface area contributed by atoms with Crippen LogP contribution in [0.4, 0.5) is 0 Å². The minimum atomic E-state index is 0.380. The third-order valence-corrected chi connectivity index (χ3v) is 3.66. The van der Waals surface area contributed by atoms with Crippen LogP contribution in [-0.4, -0.2) is 21.5 Å². The predicted molar refractivity (Wildman–Crippen MR) is 55.8 cm³/mol. The van der Waals surface area contributed by atoms with Crippen molar-refractivity contribution in [3.05, 3.63) is 16.6 Å². The number of thiazole rings is 1. The fourth-order valence-electron chi connectivity index (χ4n) is 2.28. The number of likely N-dealkylation sites (tertiary alicyclic amines) is 1. The largest absolute Gasteiger partial charge is 0.289 e. The molecule has 0 bridgehead atoms. The van der Waals surface area contributed by atoms with Gasteiger partial charge in [-0.25, -0.2) is 4.98 Å². The maximum absolute atomic E-state index is 4.31. The van der Waals surface area contributed by atoms with E-state index in [2.05, 4.69) is 30.7 Å². The van der Waals surface area contributed by atoms with Crippen LogP contribution in [0.15, 0.2) is 11.6 Å². The maximum Gasteiger partial charge on any atom is 0.107 e. The van der Waals surface area contributed by atoms with Crippen LogP contribution >= 0.6 is 11.3 Å². The van der Waals surface area contributed by atoms with Crippen molar-refractivity contribution in [1.82, 2.24) is 9.88 Å². The summed E-state index contributed by atoms with van der Waals surface area (Å²) in [5, 5.41) is 3.28. The van der Waals surface area contributed by atoms with E-state index in [1.807, 2.05) is 11.6 Å². The van der Waals surface area contributed by atoms with Gasteiger partial charge < -0.3 is 0 Å². The highest BCUT2D eigenvalue weighted by atomic mass is 32.1. The van der Waals surface area contributed by atoms with Crippen LogP contribution in [0.5, 0.6) is 0 Å². The third-order valence-electron chi connectivity index (χ3n) is 2.89. The van der Waals surface area contributed by atoms with E-state index in [1.165, 1.54) is 11.4 Å². The Morgan fingerprint density at radius 2 is 2.46 bits per heavy atom. The van der Waals surface area contributed by atoms with Crippen LogP contribution in [0.25, 0.3) is 0 Å². The predicted octanol–water partition coefficient (Wildman–Crippen LogP) is 2.52. The molecule has 0 N–H and O–H groups in total. The Morgan fingerprint density at radius 1 is 1.69 bits per heavy atom. The lowest BCUT2D eigenvalue weighted by Crippen LogP contribution is -2.60. The molecule has 1 fully saturated rings. The number of hydrogen-bond donors (Lipinski definition) is 0. The van der Waals surface area contributed by atoms with Gasteiger partial charge in [0.05, 0.1) is 6.54 Å². The van der Waals surface area contributed by atoms with Crippen molar-refractivity contribution in [2.45, 2.75) is 45.3 Å². The molecule has 1 unspecified atom stereocenters. The van der Waals surface area contributed by atoms with E-state index in [9.17, 15) is 0 Å². The van der Waals surface area contributed by atoms with Crippen molar-refractivity contribution in [2.24, 2.45) is 0 Å². The van der Waals surface area contributed by atoms with Gasteiger partial charge in [0.25, 0.3) is 0 Å². The Bertz CT molecular complexity index is 279. The fourth-order valence-corrected chi connectivity index (χ4v) is 2.90. The van der Waals surface area contributed by atoms with Crippen molar-refractivity contribution < 1.29 is 0 Å². The molecule has 0 aliphatic carbocycles. The number of hydrogen-bond acceptors (Lipinski definition) is 3. The Kier molecular flexibility index (Phi) is 2.16. The molecule has 0 amide bonds. The number of aromatic nitrogens is 1. The topological polar surface area (TPSA) is 16.1 Å². The minimum absolute atomic E-state index is 0.380. The zero-order valence-electron chi connectivity index (χ0n) is 8.45. The standard InChI is InChI=1S/C10H16N2S/c1-8-6-10(2,3)12(8)7-9-11-4-5-13-9/h4-5,8H,6-7H2,1-3H3. The van der Waals surface area contributed by atoms with Gasteiger partial charge in [-0.15, -0.1) is 11.3 Å². The Hall–Kier alpha value is -0.410. The quantitative estimate of drug-likeness (QED) is 0.722. The molecule has 2 heterocycles. The molecule has 1 aliphatic rings. The van der Waals surface area contributed by atoms with E-state index in [1.54, 1.807) is 11.3 Å². The molecule has 1 saturated heterocycles. The van der Waals surface area contributed by atoms with Crippen molar-refractivity contribution >= 4 is 11.3 Å². The summed E-state index contributed by atoms with van der Waals surface area (Å²) in [6.45, 7) is 7.92. The summed E-state index contributed by atoms with van der Waals surface area (Å²) in [6.07, 6.45) is 3.19. The van der Waals surface area contributed by atoms with Gasteiger partial charge in [0.15, 0.2) is 0 Å². The summed E-state index contributed by atoms with van der Waals surface area (Å²) in [6, 6.07) is 0.721. The molecule has 0 aromatic carbocycles. The molecule has 1 aliphatic heterocycles. The molecule has 13 heavy (non-hydrogen) atoms. The van der Waals surface area contributed by atoms with Gasteiger partial charge in [-0.1, -0.05) is 0 Å². The van der Waals surface area contributed by atoms with Crippen LogP contribution in [0.1, 0.15) is 32.2 Å². The maximum atomic E-state index is 4.31. The molecular formula is C10H16N2S. The summed E-state index contributed by atoms with van der Waals surface area (Å²) >= 11 is 1.75. The van der Waals surface area contributed by atoms with E-state index < -0.39 is 0 Å². The van der Waals surface area contributed by atoms with Crippen LogP contribution in [0.2, 0.25) is 0 Å². The van der Waals surface area contributed by atoms with Gasteiger partial charge in [-0.2, -0.15) is 0 Å². The minimum Gasteiger partial charge on any atom is -0.289 e. The lowest BCUT2D eigenvalue weighted by Gasteiger charge is -2.53. The first-order valence-electron chi connectivity index (χ1n) is 4.75. The van der Waals surface area contributed by atoms with Gasteiger partial charge in [0, 0.05) is 23.2 Å². The average molecular weight is 196 g/mol. The highest BCUT2D eigenvalue weighted by Crippen LogP contribution is 2.37. The molecule has 0 radical (unpaired) electrons. The second kappa shape index (κ2) is 3.07. The molecule has 72 valence electrons. The molecule has 2 rings (SSSR count). The van der Waals surface area contributed by atoms with E-state index in [-0.39, 0.29) is 0 Å². The van der Waals surface area contributed by atoms with E-state index in [4.69, 9.17) is 0 Å². The highest BCUT2D eigenvalue weighted by molar-refractivity contribution is 7.09. The SMILES string of the molecule is CC1CC(C)(C)N1Cc1nccs1. The van der Waals surface area contributed by atoms with Gasteiger partial charge in [0.2, 0.25) is 0 Å². The number of rotatable bonds is 2.